The maximum atomic E-state index is 13.2. The summed E-state index contributed by atoms with van der Waals surface area (Å²) in [7, 11) is -2.41. The van der Waals surface area contributed by atoms with Crippen molar-refractivity contribution in [1.29, 1.82) is 0 Å². The standard InChI is InChI=1S/C27H28N4O4S/c1-21-13-15-23(16-14-21)31-26(19-25(29-31)22-9-5-3-6-10-22)28-27(32)20-30(17-18-35-2)36(33,34)24-11-7-4-8-12-24/h3-16,19H,17-18,20H2,1-2H3,(H,28,32). The number of nitrogens with zero attached hydrogens (tertiary/aromatic N) is 3. The summed E-state index contributed by atoms with van der Waals surface area (Å²) >= 11 is 0. The fourth-order valence-corrected chi connectivity index (χ4v) is 5.07. The minimum atomic E-state index is -3.90. The number of hydrogen-bond donors (Lipinski definition) is 1. The Balaban J connectivity index is 1.63. The monoisotopic (exact) mass is 504 g/mol. The number of aromatic nitrogens is 2. The minimum Gasteiger partial charge on any atom is -0.383 e. The van der Waals surface area contributed by atoms with Gasteiger partial charge >= 0.3 is 0 Å². The van der Waals surface area contributed by atoms with E-state index in [1.54, 1.807) is 28.9 Å². The predicted octanol–water partition coefficient (Wildman–Crippen LogP) is 4.12. The van der Waals surface area contributed by atoms with E-state index in [1.165, 1.54) is 19.2 Å². The van der Waals surface area contributed by atoms with Crippen LogP contribution in [0.25, 0.3) is 16.9 Å². The Hall–Kier alpha value is -3.79. The van der Waals surface area contributed by atoms with Gasteiger partial charge in [0.1, 0.15) is 5.82 Å². The van der Waals surface area contributed by atoms with Crippen LogP contribution in [0.5, 0.6) is 0 Å². The number of amides is 1. The Labute approximate surface area is 211 Å². The lowest BCUT2D eigenvalue weighted by molar-refractivity contribution is -0.116. The molecule has 9 heteroatoms. The molecule has 1 N–H and O–H groups in total. The largest absolute Gasteiger partial charge is 0.383 e. The van der Waals surface area contributed by atoms with Crippen LogP contribution >= 0.6 is 0 Å². The fourth-order valence-electron chi connectivity index (χ4n) is 3.66. The number of ether oxygens (including phenoxy) is 1. The highest BCUT2D eigenvalue weighted by atomic mass is 32.2. The van der Waals surface area contributed by atoms with Gasteiger partial charge in [0.2, 0.25) is 15.9 Å². The van der Waals surface area contributed by atoms with Gasteiger partial charge in [-0.25, -0.2) is 13.1 Å². The third-order valence-corrected chi connectivity index (χ3v) is 7.43. The Morgan fingerprint density at radius 1 is 0.972 bits per heavy atom. The first-order valence-corrected chi connectivity index (χ1v) is 12.9. The summed E-state index contributed by atoms with van der Waals surface area (Å²) in [5.74, 6) is -0.0509. The summed E-state index contributed by atoms with van der Waals surface area (Å²) in [5.41, 5.74) is 3.44. The maximum absolute atomic E-state index is 13.2. The lowest BCUT2D eigenvalue weighted by atomic mass is 10.1. The Kier molecular flexibility index (Phi) is 7.94. The second kappa shape index (κ2) is 11.3. The summed E-state index contributed by atoms with van der Waals surface area (Å²) in [6, 6.07) is 27.2. The number of nitrogens with one attached hydrogen (secondary N) is 1. The van der Waals surface area contributed by atoms with Crippen LogP contribution in [-0.4, -0.2) is 55.2 Å². The Morgan fingerprint density at radius 2 is 1.61 bits per heavy atom. The number of rotatable bonds is 10. The van der Waals surface area contributed by atoms with Crippen molar-refractivity contribution < 1.29 is 17.9 Å². The molecule has 1 heterocycles. The van der Waals surface area contributed by atoms with Crippen LogP contribution in [0.2, 0.25) is 0 Å². The van der Waals surface area contributed by atoms with Crippen LogP contribution in [0, 0.1) is 6.92 Å². The number of anilines is 1. The second-order valence-corrected chi connectivity index (χ2v) is 10.2. The molecule has 0 unspecified atom stereocenters. The SMILES string of the molecule is COCCN(CC(=O)Nc1cc(-c2ccccc2)nn1-c1ccc(C)cc1)S(=O)(=O)c1ccccc1. The van der Waals surface area contributed by atoms with E-state index in [1.807, 2.05) is 61.5 Å². The average molecular weight is 505 g/mol. The van der Waals surface area contributed by atoms with Gasteiger partial charge in [-0.2, -0.15) is 9.40 Å². The molecule has 0 bridgehead atoms. The average Bonchev–Trinajstić information content (AvgIpc) is 3.31. The zero-order valence-electron chi connectivity index (χ0n) is 20.2. The Morgan fingerprint density at radius 3 is 2.25 bits per heavy atom. The molecule has 36 heavy (non-hydrogen) atoms. The quantitative estimate of drug-likeness (QED) is 0.351. The third-order valence-electron chi connectivity index (χ3n) is 5.57. The van der Waals surface area contributed by atoms with E-state index in [4.69, 9.17) is 9.84 Å². The number of benzene rings is 3. The van der Waals surface area contributed by atoms with Crippen LogP contribution in [0.1, 0.15) is 5.56 Å². The van der Waals surface area contributed by atoms with Gasteiger partial charge in [-0.05, 0) is 31.2 Å². The molecular weight excluding hydrogens is 476 g/mol. The molecule has 0 fully saturated rings. The molecule has 0 aliphatic rings. The van der Waals surface area contributed by atoms with Crippen molar-refractivity contribution >= 4 is 21.7 Å². The van der Waals surface area contributed by atoms with Gasteiger partial charge in [0.05, 0.1) is 29.4 Å². The molecule has 8 nitrogen and oxygen atoms in total. The van der Waals surface area contributed by atoms with Crippen molar-refractivity contribution in [2.24, 2.45) is 0 Å². The summed E-state index contributed by atoms with van der Waals surface area (Å²) in [6.07, 6.45) is 0. The van der Waals surface area contributed by atoms with Crippen molar-refractivity contribution in [3.05, 3.63) is 96.6 Å². The molecule has 0 saturated heterocycles. The molecule has 0 atom stereocenters. The van der Waals surface area contributed by atoms with Crippen LogP contribution < -0.4 is 5.32 Å². The lowest BCUT2D eigenvalue weighted by Gasteiger charge is -2.21. The van der Waals surface area contributed by atoms with E-state index < -0.39 is 15.9 Å². The molecule has 186 valence electrons. The third kappa shape index (κ3) is 5.88. The van der Waals surface area contributed by atoms with Crippen molar-refractivity contribution in [2.75, 3.05) is 32.1 Å². The Bertz CT molecular complexity index is 1400. The first kappa shape index (κ1) is 25.3. The minimum absolute atomic E-state index is 0.0354. The van der Waals surface area contributed by atoms with Crippen LogP contribution in [0.15, 0.2) is 95.9 Å². The lowest BCUT2D eigenvalue weighted by Crippen LogP contribution is -2.40. The second-order valence-electron chi connectivity index (χ2n) is 8.22. The highest BCUT2D eigenvalue weighted by Crippen LogP contribution is 2.25. The fraction of sp³-hybridized carbons (Fsp3) is 0.185. The number of carbonyl (C=O) groups is 1. The molecule has 0 aliphatic carbocycles. The predicted molar refractivity (Wildman–Crippen MR) is 139 cm³/mol. The van der Waals surface area contributed by atoms with Gasteiger partial charge < -0.3 is 10.1 Å². The topological polar surface area (TPSA) is 93.5 Å². The molecular formula is C27H28N4O4S. The zero-order chi connectivity index (χ0) is 25.5. The number of hydrogen-bond acceptors (Lipinski definition) is 5. The number of sulfonamides is 1. The highest BCUT2D eigenvalue weighted by Gasteiger charge is 2.27. The molecule has 3 aromatic carbocycles. The smallest absolute Gasteiger partial charge is 0.243 e. The van der Waals surface area contributed by atoms with E-state index in [9.17, 15) is 13.2 Å². The summed E-state index contributed by atoms with van der Waals surface area (Å²) < 4.78 is 34.3. The normalized spacial score (nSPS) is 11.5. The van der Waals surface area contributed by atoms with Crippen molar-refractivity contribution in [1.82, 2.24) is 14.1 Å². The van der Waals surface area contributed by atoms with E-state index in [0.29, 0.717) is 11.5 Å². The van der Waals surface area contributed by atoms with E-state index in [-0.39, 0.29) is 24.6 Å². The molecule has 0 saturated carbocycles. The van der Waals surface area contributed by atoms with Crippen molar-refractivity contribution in [3.8, 4) is 16.9 Å². The first-order valence-electron chi connectivity index (χ1n) is 11.4. The molecule has 1 amide bonds. The van der Waals surface area contributed by atoms with Crippen LogP contribution in [0.3, 0.4) is 0 Å². The number of aryl methyl sites for hydroxylation is 1. The number of carbonyl (C=O) groups excluding carboxylic acids is 1. The molecule has 4 aromatic rings. The summed E-state index contributed by atoms with van der Waals surface area (Å²) in [4.78, 5) is 13.3. The van der Waals surface area contributed by atoms with Gasteiger partial charge in [0.15, 0.2) is 0 Å². The summed E-state index contributed by atoms with van der Waals surface area (Å²) in [5, 5.41) is 7.57. The van der Waals surface area contributed by atoms with Crippen LogP contribution in [-0.2, 0) is 19.6 Å². The molecule has 0 aliphatic heterocycles. The van der Waals surface area contributed by atoms with Gasteiger partial charge in [0, 0.05) is 25.3 Å². The van der Waals surface area contributed by atoms with Gasteiger partial charge in [-0.1, -0.05) is 66.2 Å². The number of methoxy groups -OCH3 is 1. The van der Waals surface area contributed by atoms with Gasteiger partial charge in [0.25, 0.3) is 0 Å². The maximum Gasteiger partial charge on any atom is 0.243 e. The summed E-state index contributed by atoms with van der Waals surface area (Å²) in [6.45, 7) is 1.81. The van der Waals surface area contributed by atoms with Crippen LogP contribution in [0.4, 0.5) is 5.82 Å². The van der Waals surface area contributed by atoms with E-state index >= 15 is 0 Å². The van der Waals surface area contributed by atoms with Crippen molar-refractivity contribution in [3.63, 3.8) is 0 Å². The van der Waals surface area contributed by atoms with Crippen molar-refractivity contribution in [2.45, 2.75) is 11.8 Å². The molecule has 1 aromatic heterocycles. The van der Waals surface area contributed by atoms with Gasteiger partial charge in [-0.15, -0.1) is 0 Å². The first-order chi connectivity index (χ1) is 17.4. The van der Waals surface area contributed by atoms with E-state index in [0.717, 1.165) is 21.1 Å². The molecule has 4 rings (SSSR count). The zero-order valence-corrected chi connectivity index (χ0v) is 21.0. The highest BCUT2D eigenvalue weighted by molar-refractivity contribution is 7.89. The molecule has 0 spiro atoms. The van der Waals surface area contributed by atoms with Gasteiger partial charge in [-0.3, -0.25) is 4.79 Å². The molecule has 0 radical (unpaired) electrons. The van der Waals surface area contributed by atoms with E-state index in [2.05, 4.69) is 5.32 Å².